The zero-order valence-corrected chi connectivity index (χ0v) is 13.1. The molecule has 4 aliphatic carbocycles. The van der Waals surface area contributed by atoms with Crippen molar-refractivity contribution in [2.24, 2.45) is 33.5 Å². The molecule has 1 nitrogen and oxygen atoms in total. The van der Waals surface area contributed by atoms with Crippen LogP contribution in [0.25, 0.3) is 0 Å². The van der Waals surface area contributed by atoms with Crippen LogP contribution in [0.3, 0.4) is 0 Å². The van der Waals surface area contributed by atoms with Gasteiger partial charge in [-0.1, -0.05) is 64.2 Å². The predicted molar refractivity (Wildman–Crippen MR) is 82.1 cm³/mol. The van der Waals surface area contributed by atoms with Crippen LogP contribution < -0.4 is 0 Å². The minimum atomic E-state index is -0.149. The standard InChI is InChI=1S/C19H26O/c1-16(2)13-8-10-18(4,15(13)20)19(16)12-11-17(3)9-6-5-7-14(17)19/h5-7,9,11-15,20H,8,10H2,1-4H3/t13-,14+,15+,17+,18+,19?/m1/s1. The lowest BCUT2D eigenvalue weighted by atomic mass is 9.46. The van der Waals surface area contributed by atoms with Crippen LogP contribution in [0.15, 0.2) is 36.5 Å². The number of hydrogen-bond acceptors (Lipinski definition) is 1. The highest BCUT2D eigenvalue weighted by molar-refractivity contribution is 5.42. The first kappa shape index (κ1) is 12.9. The first-order valence-electron chi connectivity index (χ1n) is 8.04. The Morgan fingerprint density at radius 1 is 1.00 bits per heavy atom. The van der Waals surface area contributed by atoms with Crippen molar-refractivity contribution in [1.29, 1.82) is 0 Å². The summed E-state index contributed by atoms with van der Waals surface area (Å²) in [6.45, 7) is 9.48. The van der Waals surface area contributed by atoms with Crippen LogP contribution in [0.4, 0.5) is 0 Å². The molecule has 2 saturated carbocycles. The van der Waals surface area contributed by atoms with Crippen molar-refractivity contribution in [1.82, 2.24) is 0 Å². The molecule has 20 heavy (non-hydrogen) atoms. The number of fused-ring (bicyclic) bond motifs is 5. The monoisotopic (exact) mass is 270 g/mol. The molecule has 0 saturated heterocycles. The smallest absolute Gasteiger partial charge is 0.0636 e. The summed E-state index contributed by atoms with van der Waals surface area (Å²) in [4.78, 5) is 0. The molecule has 4 aliphatic rings. The van der Waals surface area contributed by atoms with Gasteiger partial charge in [-0.3, -0.25) is 0 Å². The van der Waals surface area contributed by atoms with Gasteiger partial charge in [0.2, 0.25) is 0 Å². The first-order chi connectivity index (χ1) is 9.30. The number of aliphatic hydroxyl groups is 1. The topological polar surface area (TPSA) is 20.2 Å². The highest BCUT2D eigenvalue weighted by atomic mass is 16.3. The number of allylic oxidation sites excluding steroid dienone is 6. The second-order valence-corrected chi connectivity index (χ2v) is 8.52. The predicted octanol–water partition coefficient (Wildman–Crippen LogP) is 4.11. The minimum absolute atomic E-state index is 0.0234. The van der Waals surface area contributed by atoms with Gasteiger partial charge in [0.15, 0.2) is 0 Å². The Balaban J connectivity index is 1.96. The SMILES string of the molecule is CC1(C)[C@@H]2CC[C@@](C)([C@H]2O)C12C=C[C@]1(C)C=CC=C[C@H]21. The maximum atomic E-state index is 10.9. The quantitative estimate of drug-likeness (QED) is 0.657. The molecule has 6 atom stereocenters. The molecular formula is C19H26O. The summed E-state index contributed by atoms with van der Waals surface area (Å²) in [5.74, 6) is 0.929. The maximum absolute atomic E-state index is 10.9. The summed E-state index contributed by atoms with van der Waals surface area (Å²) in [6, 6.07) is 0. The molecule has 1 N–H and O–H groups in total. The molecule has 0 heterocycles. The van der Waals surface area contributed by atoms with Gasteiger partial charge in [0.25, 0.3) is 0 Å². The molecule has 0 aliphatic heterocycles. The Labute approximate surface area is 122 Å². The second-order valence-electron chi connectivity index (χ2n) is 8.52. The van der Waals surface area contributed by atoms with E-state index in [1.807, 2.05) is 0 Å². The third kappa shape index (κ3) is 1.03. The Bertz CT molecular complexity index is 554. The minimum Gasteiger partial charge on any atom is -0.392 e. The molecule has 1 spiro atoms. The van der Waals surface area contributed by atoms with Gasteiger partial charge in [-0.15, -0.1) is 0 Å². The van der Waals surface area contributed by atoms with Gasteiger partial charge in [-0.25, -0.2) is 0 Å². The highest BCUT2D eigenvalue weighted by Crippen LogP contribution is 2.79. The Morgan fingerprint density at radius 3 is 2.40 bits per heavy atom. The zero-order valence-electron chi connectivity index (χ0n) is 13.1. The average Bonchev–Trinajstić information content (AvgIpc) is 2.90. The van der Waals surface area contributed by atoms with Crippen molar-refractivity contribution in [3.05, 3.63) is 36.5 Å². The first-order valence-corrected chi connectivity index (χ1v) is 8.04. The van der Waals surface area contributed by atoms with Crippen molar-refractivity contribution in [3.8, 4) is 0 Å². The van der Waals surface area contributed by atoms with Crippen molar-refractivity contribution in [2.45, 2.75) is 46.6 Å². The largest absolute Gasteiger partial charge is 0.392 e. The van der Waals surface area contributed by atoms with E-state index in [-0.39, 0.29) is 27.8 Å². The van der Waals surface area contributed by atoms with Crippen molar-refractivity contribution < 1.29 is 5.11 Å². The van der Waals surface area contributed by atoms with Gasteiger partial charge >= 0.3 is 0 Å². The van der Waals surface area contributed by atoms with E-state index in [1.54, 1.807) is 0 Å². The highest BCUT2D eigenvalue weighted by Gasteiger charge is 2.76. The van der Waals surface area contributed by atoms with Crippen LogP contribution in [-0.2, 0) is 0 Å². The molecular weight excluding hydrogens is 244 g/mol. The van der Waals surface area contributed by atoms with Crippen LogP contribution in [-0.4, -0.2) is 11.2 Å². The molecule has 108 valence electrons. The Hall–Kier alpha value is -0.820. The molecule has 0 aromatic rings. The van der Waals surface area contributed by atoms with Gasteiger partial charge in [-0.05, 0) is 30.1 Å². The molecule has 2 fully saturated rings. The summed E-state index contributed by atoms with van der Waals surface area (Å²) < 4.78 is 0. The summed E-state index contributed by atoms with van der Waals surface area (Å²) in [5.41, 5.74) is 0.404. The summed E-state index contributed by atoms with van der Waals surface area (Å²) in [6.07, 6.45) is 16.2. The average molecular weight is 270 g/mol. The number of aliphatic hydroxyl groups excluding tert-OH is 1. The van der Waals surface area contributed by atoms with Gasteiger partial charge in [0.1, 0.15) is 0 Å². The van der Waals surface area contributed by atoms with Gasteiger partial charge < -0.3 is 5.11 Å². The van der Waals surface area contributed by atoms with E-state index in [0.29, 0.717) is 11.8 Å². The fraction of sp³-hybridized carbons (Fsp3) is 0.684. The zero-order chi connectivity index (χ0) is 14.4. The van der Waals surface area contributed by atoms with E-state index in [2.05, 4.69) is 64.2 Å². The Morgan fingerprint density at radius 2 is 1.75 bits per heavy atom. The molecule has 0 aromatic carbocycles. The van der Waals surface area contributed by atoms with Crippen molar-refractivity contribution >= 4 is 0 Å². The van der Waals surface area contributed by atoms with E-state index in [0.717, 1.165) is 6.42 Å². The number of rotatable bonds is 0. The number of hydrogen-bond donors (Lipinski definition) is 1. The van der Waals surface area contributed by atoms with Crippen molar-refractivity contribution in [3.63, 3.8) is 0 Å². The van der Waals surface area contributed by atoms with Gasteiger partial charge in [0, 0.05) is 16.2 Å². The normalized spacial score (nSPS) is 57.8. The van der Waals surface area contributed by atoms with Crippen LogP contribution in [0.5, 0.6) is 0 Å². The van der Waals surface area contributed by atoms with Crippen molar-refractivity contribution in [2.75, 3.05) is 0 Å². The van der Waals surface area contributed by atoms with Crippen LogP contribution >= 0.6 is 0 Å². The third-order valence-corrected chi connectivity index (χ3v) is 7.68. The van der Waals surface area contributed by atoms with E-state index in [9.17, 15) is 5.11 Å². The lowest BCUT2D eigenvalue weighted by molar-refractivity contribution is -0.0570. The molecule has 2 bridgehead atoms. The molecule has 0 aromatic heterocycles. The lowest BCUT2D eigenvalue weighted by Gasteiger charge is -2.56. The maximum Gasteiger partial charge on any atom is 0.0636 e. The summed E-state index contributed by atoms with van der Waals surface area (Å²) in [7, 11) is 0. The van der Waals surface area contributed by atoms with Crippen LogP contribution in [0, 0.1) is 33.5 Å². The van der Waals surface area contributed by atoms with Crippen LogP contribution in [0.1, 0.15) is 40.5 Å². The summed E-state index contributed by atoms with van der Waals surface area (Å²) in [5, 5.41) is 10.9. The molecule has 4 rings (SSSR count). The fourth-order valence-electron chi connectivity index (χ4n) is 6.58. The Kier molecular flexibility index (Phi) is 2.14. The van der Waals surface area contributed by atoms with E-state index in [1.165, 1.54) is 6.42 Å². The lowest BCUT2D eigenvalue weighted by Crippen LogP contribution is -2.52. The van der Waals surface area contributed by atoms with Gasteiger partial charge in [-0.2, -0.15) is 0 Å². The summed E-state index contributed by atoms with van der Waals surface area (Å²) >= 11 is 0. The second kappa shape index (κ2) is 3.32. The third-order valence-electron chi connectivity index (χ3n) is 7.68. The van der Waals surface area contributed by atoms with E-state index < -0.39 is 0 Å². The van der Waals surface area contributed by atoms with E-state index >= 15 is 0 Å². The fourth-order valence-corrected chi connectivity index (χ4v) is 6.58. The molecule has 0 amide bonds. The van der Waals surface area contributed by atoms with Crippen LogP contribution in [0.2, 0.25) is 0 Å². The van der Waals surface area contributed by atoms with Gasteiger partial charge in [0.05, 0.1) is 6.10 Å². The molecule has 0 radical (unpaired) electrons. The molecule has 1 heteroatoms. The van der Waals surface area contributed by atoms with E-state index in [4.69, 9.17) is 0 Å². The molecule has 1 unspecified atom stereocenters.